The van der Waals surface area contributed by atoms with Crippen LogP contribution in [0.3, 0.4) is 0 Å². The molecule has 13 heteroatoms. The molecule has 2 atom stereocenters. The van der Waals surface area contributed by atoms with Gasteiger partial charge in [-0.25, -0.2) is 9.78 Å². The number of nitriles is 1. The summed E-state index contributed by atoms with van der Waals surface area (Å²) in [5, 5.41) is 22.4. The van der Waals surface area contributed by atoms with E-state index in [4.69, 9.17) is 29.1 Å². The second-order valence-corrected chi connectivity index (χ2v) is 6.83. The number of hydrogen-bond donors (Lipinski definition) is 3. The van der Waals surface area contributed by atoms with Crippen molar-refractivity contribution < 1.29 is 41.8 Å². The number of rotatable bonds is 6. The van der Waals surface area contributed by atoms with Gasteiger partial charge in [-0.1, -0.05) is 0 Å². The quantitative estimate of drug-likeness (QED) is 0.576. The molecule has 1 saturated heterocycles. The number of oxazole rings is 1. The number of carboxylic acids is 1. The molecule has 1 aromatic heterocycles. The lowest BCUT2D eigenvalue weighted by atomic mass is 10.1. The molecule has 0 aliphatic carbocycles. The molecule has 1 aliphatic heterocycles. The van der Waals surface area contributed by atoms with Gasteiger partial charge in [0.15, 0.2) is 5.76 Å². The van der Waals surface area contributed by atoms with Crippen molar-refractivity contribution in [2.75, 3.05) is 27.4 Å². The molecule has 0 bridgehead atoms. The van der Waals surface area contributed by atoms with Gasteiger partial charge < -0.3 is 29.6 Å². The summed E-state index contributed by atoms with van der Waals surface area (Å²) in [6.07, 6.45) is -2.85. The summed E-state index contributed by atoms with van der Waals surface area (Å²) in [6, 6.07) is 7.25. The number of ether oxygens (including phenoxy) is 2. The van der Waals surface area contributed by atoms with Crippen molar-refractivity contribution in [2.24, 2.45) is 0 Å². The number of alkyl halides is 3. The third-order valence-electron chi connectivity index (χ3n) is 4.46. The van der Waals surface area contributed by atoms with Crippen LogP contribution in [0.2, 0.25) is 0 Å². The first kappa shape index (κ1) is 25.6. The van der Waals surface area contributed by atoms with Gasteiger partial charge in [0, 0.05) is 25.7 Å². The molecule has 0 unspecified atom stereocenters. The highest BCUT2D eigenvalue weighted by atomic mass is 19.4. The summed E-state index contributed by atoms with van der Waals surface area (Å²) in [7, 11) is 3.18. The predicted octanol–water partition coefficient (Wildman–Crippen LogP) is 1.96. The smallest absolute Gasteiger partial charge is 0.490 e. The molecule has 178 valence electrons. The largest absolute Gasteiger partial charge is 0.496 e. The number of methoxy groups -OCH3 is 2. The SMILES string of the molecule is COC[C@@H]1C[C@@H](NC(=O)c2ncc(-c3cc(C#N)ccc3OC)o2)CN1.O=C(O)C(F)(F)F. The summed E-state index contributed by atoms with van der Waals surface area (Å²) < 4.78 is 47.7. The Morgan fingerprint density at radius 3 is 2.67 bits per heavy atom. The van der Waals surface area contributed by atoms with E-state index in [1.165, 1.54) is 13.3 Å². The molecule has 0 saturated carbocycles. The normalized spacial score (nSPS) is 17.5. The Bertz CT molecular complexity index is 1020. The van der Waals surface area contributed by atoms with E-state index in [0.717, 1.165) is 6.42 Å². The lowest BCUT2D eigenvalue weighted by molar-refractivity contribution is -0.192. The first-order valence-corrected chi connectivity index (χ1v) is 9.46. The zero-order valence-corrected chi connectivity index (χ0v) is 17.6. The highest BCUT2D eigenvalue weighted by Crippen LogP contribution is 2.31. The maximum absolute atomic E-state index is 12.4. The van der Waals surface area contributed by atoms with Gasteiger partial charge in [-0.15, -0.1) is 0 Å². The van der Waals surface area contributed by atoms with Crippen molar-refractivity contribution in [1.82, 2.24) is 15.6 Å². The molecule has 1 aromatic carbocycles. The Labute approximate surface area is 186 Å². The third-order valence-corrected chi connectivity index (χ3v) is 4.46. The molecule has 1 fully saturated rings. The van der Waals surface area contributed by atoms with Gasteiger partial charge in [-0.2, -0.15) is 18.4 Å². The predicted molar refractivity (Wildman–Crippen MR) is 106 cm³/mol. The van der Waals surface area contributed by atoms with Crippen LogP contribution in [0.25, 0.3) is 11.3 Å². The molecule has 2 aromatic rings. The maximum atomic E-state index is 12.4. The number of carbonyl (C=O) groups excluding carboxylic acids is 1. The van der Waals surface area contributed by atoms with E-state index in [1.54, 1.807) is 25.3 Å². The Morgan fingerprint density at radius 2 is 2.09 bits per heavy atom. The van der Waals surface area contributed by atoms with Gasteiger partial charge in [-0.3, -0.25) is 4.79 Å². The minimum Gasteiger partial charge on any atom is -0.496 e. The van der Waals surface area contributed by atoms with Crippen molar-refractivity contribution >= 4 is 11.9 Å². The maximum Gasteiger partial charge on any atom is 0.490 e. The van der Waals surface area contributed by atoms with Crippen LogP contribution < -0.4 is 15.4 Å². The molecular weight excluding hydrogens is 449 g/mol. The lowest BCUT2D eigenvalue weighted by Gasteiger charge is -2.10. The van der Waals surface area contributed by atoms with Crippen LogP contribution >= 0.6 is 0 Å². The Hall–Kier alpha value is -3.63. The van der Waals surface area contributed by atoms with Crippen LogP contribution in [0.5, 0.6) is 5.75 Å². The molecule has 3 rings (SSSR count). The highest BCUT2D eigenvalue weighted by Gasteiger charge is 2.38. The fraction of sp³-hybridized carbons (Fsp3) is 0.400. The third kappa shape index (κ3) is 7.19. The average molecular weight is 470 g/mol. The molecule has 33 heavy (non-hydrogen) atoms. The first-order valence-electron chi connectivity index (χ1n) is 9.46. The first-order chi connectivity index (χ1) is 15.6. The van der Waals surface area contributed by atoms with Crippen LogP contribution in [0.15, 0.2) is 28.8 Å². The Balaban J connectivity index is 0.000000479. The summed E-state index contributed by atoms with van der Waals surface area (Å²) in [6.45, 7) is 1.27. The molecule has 1 aliphatic rings. The lowest BCUT2D eigenvalue weighted by Crippen LogP contribution is -2.36. The number of nitrogens with one attached hydrogen (secondary N) is 2. The summed E-state index contributed by atoms with van der Waals surface area (Å²) in [4.78, 5) is 25.3. The van der Waals surface area contributed by atoms with Crippen LogP contribution in [0.1, 0.15) is 22.7 Å². The van der Waals surface area contributed by atoms with Gasteiger partial charge in [0.05, 0.1) is 37.1 Å². The van der Waals surface area contributed by atoms with Gasteiger partial charge in [0.25, 0.3) is 5.89 Å². The molecule has 3 N–H and O–H groups in total. The average Bonchev–Trinajstić information content (AvgIpc) is 3.43. The monoisotopic (exact) mass is 470 g/mol. The second-order valence-electron chi connectivity index (χ2n) is 6.83. The number of halogens is 3. The number of hydrogen-bond acceptors (Lipinski definition) is 8. The van der Waals surface area contributed by atoms with E-state index in [9.17, 15) is 18.0 Å². The van der Waals surface area contributed by atoms with Gasteiger partial charge in [-0.05, 0) is 24.6 Å². The number of benzene rings is 1. The van der Waals surface area contributed by atoms with Gasteiger partial charge in [0.2, 0.25) is 0 Å². The molecule has 0 radical (unpaired) electrons. The fourth-order valence-electron chi connectivity index (χ4n) is 2.98. The van der Waals surface area contributed by atoms with E-state index in [1.807, 2.05) is 0 Å². The van der Waals surface area contributed by atoms with E-state index < -0.39 is 12.1 Å². The Kier molecular flexibility index (Phi) is 8.78. The summed E-state index contributed by atoms with van der Waals surface area (Å²) in [5.41, 5.74) is 1.03. The van der Waals surface area contributed by atoms with Crippen molar-refractivity contribution in [3.63, 3.8) is 0 Å². The van der Waals surface area contributed by atoms with Crippen molar-refractivity contribution in [2.45, 2.75) is 24.7 Å². The number of carbonyl (C=O) groups is 2. The number of nitrogens with zero attached hydrogens (tertiary/aromatic N) is 2. The highest BCUT2D eigenvalue weighted by molar-refractivity contribution is 5.90. The van der Waals surface area contributed by atoms with E-state index in [0.29, 0.717) is 35.8 Å². The molecule has 0 spiro atoms. The van der Waals surface area contributed by atoms with E-state index in [2.05, 4.69) is 21.7 Å². The van der Waals surface area contributed by atoms with Crippen molar-refractivity contribution in [3.05, 3.63) is 35.9 Å². The zero-order valence-electron chi connectivity index (χ0n) is 17.6. The fourth-order valence-corrected chi connectivity index (χ4v) is 2.98. The van der Waals surface area contributed by atoms with Crippen molar-refractivity contribution in [3.8, 4) is 23.1 Å². The molecule has 2 heterocycles. The molecule has 1 amide bonds. The minimum atomic E-state index is -5.08. The number of amides is 1. The molecule has 10 nitrogen and oxygen atoms in total. The summed E-state index contributed by atoms with van der Waals surface area (Å²) in [5.74, 6) is -2.26. The van der Waals surface area contributed by atoms with Crippen LogP contribution in [-0.2, 0) is 9.53 Å². The molecular formula is C20H21F3N4O6. The van der Waals surface area contributed by atoms with Crippen LogP contribution in [0.4, 0.5) is 13.2 Å². The van der Waals surface area contributed by atoms with Gasteiger partial charge >= 0.3 is 18.1 Å². The zero-order chi connectivity index (χ0) is 24.6. The minimum absolute atomic E-state index is 0.00514. The van der Waals surface area contributed by atoms with Crippen LogP contribution in [-0.4, -0.2) is 67.6 Å². The van der Waals surface area contributed by atoms with E-state index in [-0.39, 0.29) is 23.9 Å². The van der Waals surface area contributed by atoms with Crippen LogP contribution in [0, 0.1) is 11.3 Å². The summed E-state index contributed by atoms with van der Waals surface area (Å²) >= 11 is 0. The van der Waals surface area contributed by atoms with E-state index >= 15 is 0 Å². The van der Waals surface area contributed by atoms with Crippen molar-refractivity contribution in [1.29, 1.82) is 5.26 Å². The number of aliphatic carboxylic acids is 1. The number of aromatic nitrogens is 1. The second kappa shape index (κ2) is 11.3. The number of carboxylic acid groups (broad SMARTS) is 1. The topological polar surface area (TPSA) is 147 Å². The Morgan fingerprint density at radius 1 is 1.39 bits per heavy atom. The van der Waals surface area contributed by atoms with Gasteiger partial charge in [0.1, 0.15) is 5.75 Å². The standard InChI is InChI=1S/C18H20N4O4.C2HF3O2/c1-24-10-13-6-12(8-20-13)22-17(23)18-21-9-16(26-18)14-5-11(7-19)3-4-15(14)25-2;3-2(4,5)1(6)7/h3-5,9,12-13,20H,6,8,10H2,1-2H3,(H,22,23);(H,6,7)/t12-,13+;/m1./s1.